The maximum absolute atomic E-state index is 11.4. The molecule has 4 rings (SSSR count). The van der Waals surface area contributed by atoms with Gasteiger partial charge in [-0.2, -0.15) is 0 Å². The van der Waals surface area contributed by atoms with Gasteiger partial charge in [0.25, 0.3) is 0 Å². The van der Waals surface area contributed by atoms with Gasteiger partial charge in [-0.05, 0) is 30.0 Å². The molecule has 0 amide bonds. The SMILES string of the molecule is O=c1[nH]c(O)c([C@@H]2CCc3cc(OCc4ccccc4)cnc32)s1. The van der Waals surface area contributed by atoms with Crippen molar-refractivity contribution >= 4 is 11.3 Å². The van der Waals surface area contributed by atoms with E-state index in [1.54, 1.807) is 6.20 Å². The van der Waals surface area contributed by atoms with E-state index in [2.05, 4.69) is 9.97 Å². The number of fused-ring (bicyclic) bond motifs is 1. The maximum Gasteiger partial charge on any atom is 0.307 e. The smallest absolute Gasteiger partial charge is 0.307 e. The van der Waals surface area contributed by atoms with Gasteiger partial charge in [0, 0.05) is 5.92 Å². The molecule has 0 radical (unpaired) electrons. The zero-order chi connectivity index (χ0) is 16.5. The number of aromatic nitrogens is 2. The fourth-order valence-electron chi connectivity index (χ4n) is 3.09. The van der Waals surface area contributed by atoms with E-state index >= 15 is 0 Å². The molecule has 0 spiro atoms. The topological polar surface area (TPSA) is 75.2 Å². The number of hydrogen-bond donors (Lipinski definition) is 2. The minimum atomic E-state index is -0.237. The molecule has 3 aromatic rings. The van der Waals surface area contributed by atoms with Crippen LogP contribution in [0.3, 0.4) is 0 Å². The van der Waals surface area contributed by atoms with Crippen LogP contribution in [0.2, 0.25) is 0 Å². The predicted octanol–water partition coefficient (Wildman–Crippen LogP) is 3.19. The van der Waals surface area contributed by atoms with E-state index in [4.69, 9.17) is 4.74 Å². The number of nitrogens with one attached hydrogen (secondary N) is 1. The molecule has 0 fully saturated rings. The average molecular weight is 340 g/mol. The molecule has 0 aliphatic heterocycles. The Hall–Kier alpha value is -2.60. The Morgan fingerprint density at radius 2 is 2.17 bits per heavy atom. The number of hydrogen-bond acceptors (Lipinski definition) is 5. The fraction of sp³-hybridized carbons (Fsp3) is 0.222. The number of aromatic amines is 1. The Kier molecular flexibility index (Phi) is 3.82. The van der Waals surface area contributed by atoms with Crippen molar-refractivity contribution in [1.82, 2.24) is 9.97 Å². The van der Waals surface area contributed by atoms with Crippen molar-refractivity contribution in [2.75, 3.05) is 0 Å². The number of nitrogens with zero attached hydrogens (tertiary/aromatic N) is 1. The summed E-state index contributed by atoms with van der Waals surface area (Å²) < 4.78 is 5.82. The highest BCUT2D eigenvalue weighted by Crippen LogP contribution is 2.41. The van der Waals surface area contributed by atoms with E-state index in [0.29, 0.717) is 11.5 Å². The molecule has 1 atom stereocenters. The lowest BCUT2D eigenvalue weighted by molar-refractivity contribution is 0.304. The van der Waals surface area contributed by atoms with E-state index in [-0.39, 0.29) is 16.7 Å². The van der Waals surface area contributed by atoms with Gasteiger partial charge in [-0.3, -0.25) is 14.8 Å². The predicted molar refractivity (Wildman–Crippen MR) is 91.8 cm³/mol. The highest BCUT2D eigenvalue weighted by Gasteiger charge is 2.30. The first kappa shape index (κ1) is 15.0. The van der Waals surface area contributed by atoms with Gasteiger partial charge in [0.1, 0.15) is 12.4 Å². The molecular formula is C18H16N2O3S. The van der Waals surface area contributed by atoms with Gasteiger partial charge in [0.05, 0.1) is 16.8 Å². The second kappa shape index (κ2) is 6.13. The molecule has 0 unspecified atom stereocenters. The molecule has 0 bridgehead atoms. The zero-order valence-corrected chi connectivity index (χ0v) is 13.7. The largest absolute Gasteiger partial charge is 0.494 e. The van der Waals surface area contributed by atoms with Gasteiger partial charge in [0.2, 0.25) is 5.88 Å². The standard InChI is InChI=1S/C18H16N2O3S/c21-17-16(24-18(22)20-17)14-7-6-12-8-13(9-19-15(12)14)23-10-11-4-2-1-3-5-11/h1-5,8-9,14,21H,6-7,10H2,(H,20,22)/t14-/m1/s1. The lowest BCUT2D eigenvalue weighted by Gasteiger charge is -2.10. The van der Waals surface area contributed by atoms with Crippen LogP contribution in [0.4, 0.5) is 0 Å². The molecule has 2 aromatic heterocycles. The number of aryl methyl sites for hydroxylation is 1. The molecule has 0 saturated carbocycles. The number of rotatable bonds is 4. The number of H-pyrrole nitrogens is 1. The van der Waals surface area contributed by atoms with E-state index in [0.717, 1.165) is 46.7 Å². The van der Waals surface area contributed by atoms with E-state index in [1.165, 1.54) is 0 Å². The minimum absolute atomic E-state index is 0.0212. The quantitative estimate of drug-likeness (QED) is 0.765. The highest BCUT2D eigenvalue weighted by molar-refractivity contribution is 7.09. The van der Waals surface area contributed by atoms with Crippen molar-refractivity contribution in [2.24, 2.45) is 0 Å². The van der Waals surface area contributed by atoms with E-state index < -0.39 is 0 Å². The second-order valence-electron chi connectivity index (χ2n) is 5.81. The Morgan fingerprint density at radius 3 is 2.92 bits per heavy atom. The summed E-state index contributed by atoms with van der Waals surface area (Å²) in [6.45, 7) is 0.505. The summed E-state index contributed by atoms with van der Waals surface area (Å²) in [5.74, 6) is 0.686. The van der Waals surface area contributed by atoms with E-state index in [1.807, 2.05) is 36.4 Å². The van der Waals surface area contributed by atoms with Gasteiger partial charge in [-0.25, -0.2) is 0 Å². The Labute approximate surface area is 142 Å². The average Bonchev–Trinajstić information content (AvgIpc) is 3.15. The van der Waals surface area contributed by atoms with Crippen LogP contribution in [0.1, 0.15) is 34.0 Å². The van der Waals surface area contributed by atoms with Crippen molar-refractivity contribution in [3.8, 4) is 11.6 Å². The Bertz CT molecular complexity index is 918. The number of pyridine rings is 1. The first-order valence-electron chi connectivity index (χ1n) is 7.78. The van der Waals surface area contributed by atoms with Crippen LogP contribution >= 0.6 is 11.3 Å². The summed E-state index contributed by atoms with van der Waals surface area (Å²) in [4.78, 5) is 18.8. The normalized spacial score (nSPS) is 16.1. The van der Waals surface area contributed by atoms with Crippen LogP contribution in [0.15, 0.2) is 47.4 Å². The number of aromatic hydroxyl groups is 1. The summed E-state index contributed by atoms with van der Waals surface area (Å²) in [6, 6.07) is 12.0. The summed E-state index contributed by atoms with van der Waals surface area (Å²) >= 11 is 1.05. The van der Waals surface area contributed by atoms with Gasteiger partial charge in [-0.1, -0.05) is 41.7 Å². The van der Waals surface area contributed by atoms with Gasteiger partial charge < -0.3 is 9.84 Å². The van der Waals surface area contributed by atoms with E-state index in [9.17, 15) is 9.90 Å². The third-order valence-electron chi connectivity index (χ3n) is 4.23. The number of ether oxygens (including phenoxy) is 1. The summed E-state index contributed by atoms with van der Waals surface area (Å²) in [5, 5.41) is 9.88. The van der Waals surface area contributed by atoms with Gasteiger partial charge >= 0.3 is 4.87 Å². The Morgan fingerprint density at radius 1 is 1.33 bits per heavy atom. The summed E-state index contributed by atoms with van der Waals surface area (Å²) in [5.41, 5.74) is 3.15. The molecular weight excluding hydrogens is 324 g/mol. The molecule has 6 heteroatoms. The molecule has 5 nitrogen and oxygen atoms in total. The third-order valence-corrected chi connectivity index (χ3v) is 5.22. The molecule has 1 aliphatic rings. The van der Waals surface area contributed by atoms with Crippen molar-refractivity contribution in [3.63, 3.8) is 0 Å². The van der Waals surface area contributed by atoms with Crippen molar-refractivity contribution < 1.29 is 9.84 Å². The van der Waals surface area contributed by atoms with Crippen LogP contribution in [-0.4, -0.2) is 15.1 Å². The molecule has 2 heterocycles. The van der Waals surface area contributed by atoms with Crippen LogP contribution < -0.4 is 9.61 Å². The van der Waals surface area contributed by atoms with Crippen molar-refractivity contribution in [3.05, 3.63) is 74.0 Å². The Balaban J connectivity index is 1.54. The van der Waals surface area contributed by atoms with Crippen molar-refractivity contribution in [2.45, 2.75) is 25.4 Å². The van der Waals surface area contributed by atoms with Gasteiger partial charge in [0.15, 0.2) is 0 Å². The molecule has 1 aliphatic carbocycles. The van der Waals surface area contributed by atoms with Crippen LogP contribution in [0.25, 0.3) is 0 Å². The lowest BCUT2D eigenvalue weighted by Crippen LogP contribution is -2.00. The lowest BCUT2D eigenvalue weighted by atomic mass is 10.1. The number of thiazole rings is 1. The minimum Gasteiger partial charge on any atom is -0.494 e. The summed E-state index contributed by atoms with van der Waals surface area (Å²) in [6.07, 6.45) is 3.42. The molecule has 24 heavy (non-hydrogen) atoms. The highest BCUT2D eigenvalue weighted by atomic mass is 32.1. The van der Waals surface area contributed by atoms with Gasteiger partial charge in [-0.15, -0.1) is 0 Å². The molecule has 122 valence electrons. The first-order chi connectivity index (χ1) is 11.7. The third kappa shape index (κ3) is 2.80. The summed E-state index contributed by atoms with van der Waals surface area (Å²) in [7, 11) is 0. The van der Waals surface area contributed by atoms with Crippen molar-refractivity contribution in [1.29, 1.82) is 0 Å². The van der Waals surface area contributed by atoms with Crippen LogP contribution in [-0.2, 0) is 13.0 Å². The number of benzene rings is 1. The fourth-order valence-corrected chi connectivity index (χ4v) is 3.96. The maximum atomic E-state index is 11.4. The first-order valence-corrected chi connectivity index (χ1v) is 8.60. The van der Waals surface area contributed by atoms with Crippen LogP contribution in [0, 0.1) is 0 Å². The molecule has 2 N–H and O–H groups in total. The zero-order valence-electron chi connectivity index (χ0n) is 12.9. The second-order valence-corrected chi connectivity index (χ2v) is 6.82. The molecule has 1 aromatic carbocycles. The monoisotopic (exact) mass is 340 g/mol. The van der Waals surface area contributed by atoms with Crippen LogP contribution in [0.5, 0.6) is 11.6 Å². The molecule has 0 saturated heterocycles.